The third-order valence-corrected chi connectivity index (χ3v) is 6.49. The number of benzene rings is 2. The molecule has 2 heterocycles. The summed E-state index contributed by atoms with van der Waals surface area (Å²) in [6, 6.07) is 14.8. The Hall–Kier alpha value is -2.82. The number of carbonyl (C=O) groups excluding carboxylic acids is 1. The molecule has 5 heteroatoms. The summed E-state index contributed by atoms with van der Waals surface area (Å²) in [5.41, 5.74) is 1.07. The lowest BCUT2D eigenvalue weighted by atomic mass is 9.92. The van der Waals surface area contributed by atoms with Crippen LogP contribution in [0.3, 0.4) is 0 Å². The second-order valence-electron chi connectivity index (χ2n) is 8.79. The first kappa shape index (κ1) is 21.4. The topological polar surface area (TPSA) is 57.1 Å². The maximum Gasteiger partial charge on any atom is 0.337 e. The minimum atomic E-state index is -0.920. The van der Waals surface area contributed by atoms with Crippen LogP contribution in [0.25, 0.3) is 22.2 Å². The van der Waals surface area contributed by atoms with E-state index in [0.717, 1.165) is 12.8 Å². The molecule has 3 aromatic rings. The highest BCUT2D eigenvalue weighted by Gasteiger charge is 2.44. The van der Waals surface area contributed by atoms with Crippen molar-refractivity contribution in [3.63, 3.8) is 0 Å². The van der Waals surface area contributed by atoms with Crippen molar-refractivity contribution in [2.24, 2.45) is 0 Å². The molecule has 0 saturated carbocycles. The van der Waals surface area contributed by atoms with Crippen LogP contribution >= 0.6 is 0 Å². The Morgan fingerprint density at radius 2 is 1.32 bits per heavy atom. The van der Waals surface area contributed by atoms with Gasteiger partial charge in [0, 0.05) is 0 Å². The third-order valence-electron chi connectivity index (χ3n) is 6.49. The lowest BCUT2D eigenvalue weighted by Crippen LogP contribution is -2.37. The van der Waals surface area contributed by atoms with Crippen LogP contribution in [0.15, 0.2) is 57.7 Å². The summed E-state index contributed by atoms with van der Waals surface area (Å²) in [4.78, 5) is 27.2. The minimum absolute atomic E-state index is 0.173. The highest BCUT2D eigenvalue weighted by atomic mass is 16.3. The van der Waals surface area contributed by atoms with E-state index < -0.39 is 5.54 Å². The van der Waals surface area contributed by atoms with Gasteiger partial charge in [-0.25, -0.2) is 9.36 Å². The van der Waals surface area contributed by atoms with E-state index in [1.807, 2.05) is 43.3 Å². The Bertz CT molecular complexity index is 1200. The van der Waals surface area contributed by atoms with Crippen molar-refractivity contribution in [1.82, 2.24) is 9.13 Å². The first-order valence-electron chi connectivity index (χ1n) is 11.6. The van der Waals surface area contributed by atoms with Crippen LogP contribution in [0.1, 0.15) is 76.4 Å². The van der Waals surface area contributed by atoms with Crippen LogP contribution in [0, 0.1) is 0 Å². The van der Waals surface area contributed by atoms with E-state index >= 15 is 0 Å². The molecule has 0 radical (unpaired) electrons. The fourth-order valence-corrected chi connectivity index (χ4v) is 4.71. The van der Waals surface area contributed by atoms with Crippen molar-refractivity contribution >= 4 is 28.1 Å². The Kier molecular flexibility index (Phi) is 6.30. The summed E-state index contributed by atoms with van der Waals surface area (Å²) >= 11 is 0. The van der Waals surface area contributed by atoms with E-state index in [4.69, 9.17) is 4.42 Å². The van der Waals surface area contributed by atoms with Crippen LogP contribution in [0.5, 0.6) is 0 Å². The zero-order valence-corrected chi connectivity index (χ0v) is 18.6. The van der Waals surface area contributed by atoms with Gasteiger partial charge in [-0.1, -0.05) is 82.6 Å². The number of hydrogen-bond donors (Lipinski definition) is 0. The number of unbranched alkanes of at least 4 members (excludes halogenated alkanes) is 7. The van der Waals surface area contributed by atoms with E-state index in [0.29, 0.717) is 28.6 Å². The fourth-order valence-electron chi connectivity index (χ4n) is 4.71. The predicted molar refractivity (Wildman–Crippen MR) is 125 cm³/mol. The average molecular weight is 421 g/mol. The molecule has 2 bridgehead atoms. The zero-order chi connectivity index (χ0) is 21.8. The van der Waals surface area contributed by atoms with Gasteiger partial charge in [-0.15, -0.1) is 0 Å². The van der Waals surface area contributed by atoms with Gasteiger partial charge in [-0.3, -0.25) is 9.36 Å². The van der Waals surface area contributed by atoms with Gasteiger partial charge in [-0.05, 0) is 37.6 Å². The first-order chi connectivity index (χ1) is 15.1. The summed E-state index contributed by atoms with van der Waals surface area (Å²) in [5, 5.41) is 0. The van der Waals surface area contributed by atoms with Gasteiger partial charge in [0.05, 0.1) is 11.0 Å². The molecule has 1 aliphatic rings. The molecule has 0 spiro atoms. The van der Waals surface area contributed by atoms with E-state index in [-0.39, 0.29) is 11.6 Å². The number of aromatic nitrogens is 2. The molecule has 164 valence electrons. The smallest absolute Gasteiger partial charge is 0.337 e. The van der Waals surface area contributed by atoms with Gasteiger partial charge < -0.3 is 4.42 Å². The Morgan fingerprint density at radius 1 is 0.774 bits per heavy atom. The van der Waals surface area contributed by atoms with Gasteiger partial charge in [0.25, 0.3) is 5.91 Å². The van der Waals surface area contributed by atoms with Crippen LogP contribution in [0.2, 0.25) is 0 Å². The fraction of sp³-hybridized carbons (Fsp3) is 0.462. The zero-order valence-electron chi connectivity index (χ0n) is 18.6. The molecule has 0 fully saturated rings. The second kappa shape index (κ2) is 9.13. The minimum Gasteiger partial charge on any atom is -0.453 e. The SMILES string of the molecule is CCCCCCCCCCC1(C)C(=O)n2c(=O)n1c1ccccc1oc1ccccc12. The summed E-state index contributed by atoms with van der Waals surface area (Å²) in [7, 11) is 0. The van der Waals surface area contributed by atoms with E-state index in [1.165, 1.54) is 43.1 Å². The molecule has 2 aromatic carbocycles. The molecule has 0 saturated heterocycles. The lowest BCUT2D eigenvalue weighted by molar-refractivity contribution is 0.0774. The van der Waals surface area contributed by atoms with E-state index in [1.54, 1.807) is 16.7 Å². The van der Waals surface area contributed by atoms with Crippen LogP contribution in [-0.2, 0) is 5.54 Å². The standard InChI is InChI=1S/C26H32N2O3/c1-3-4-5-6-7-8-9-14-19-26(2)24(29)27-20-15-10-12-17-22(20)31-23-18-13-11-16-21(23)28(26)25(27)30/h10-13,15-18H,3-9,14,19H2,1-2H3. The maximum absolute atomic E-state index is 13.6. The number of fused-ring (bicyclic) bond motifs is 6. The number of nitrogens with zero attached hydrogens (tertiary/aromatic N) is 2. The molecule has 1 aliphatic heterocycles. The van der Waals surface area contributed by atoms with Gasteiger partial charge >= 0.3 is 5.69 Å². The highest BCUT2D eigenvalue weighted by molar-refractivity contribution is 5.96. The summed E-state index contributed by atoms with van der Waals surface area (Å²) in [6.45, 7) is 4.13. The summed E-state index contributed by atoms with van der Waals surface area (Å²) in [5.74, 6) is -0.173. The van der Waals surface area contributed by atoms with E-state index in [9.17, 15) is 9.59 Å². The average Bonchev–Trinajstić information content (AvgIpc) is 2.97. The summed E-state index contributed by atoms with van der Waals surface area (Å²) in [6.07, 6.45) is 10.2. The Labute approximate surface area is 183 Å². The van der Waals surface area contributed by atoms with Crippen molar-refractivity contribution < 1.29 is 9.21 Å². The largest absolute Gasteiger partial charge is 0.453 e. The number of hydrogen-bond acceptors (Lipinski definition) is 3. The Morgan fingerprint density at radius 3 is 2.00 bits per heavy atom. The molecular weight excluding hydrogens is 388 g/mol. The molecule has 0 amide bonds. The maximum atomic E-state index is 13.6. The van der Waals surface area contributed by atoms with Crippen molar-refractivity contribution in [3.05, 3.63) is 59.0 Å². The monoisotopic (exact) mass is 420 g/mol. The van der Waals surface area contributed by atoms with Crippen LogP contribution < -0.4 is 5.69 Å². The normalized spacial score (nSPS) is 17.5. The lowest BCUT2D eigenvalue weighted by Gasteiger charge is -2.25. The first-order valence-corrected chi connectivity index (χ1v) is 11.6. The molecule has 1 unspecified atom stereocenters. The predicted octanol–water partition coefficient (Wildman–Crippen LogP) is 6.57. The van der Waals surface area contributed by atoms with Gasteiger partial charge in [0.1, 0.15) is 5.54 Å². The molecule has 31 heavy (non-hydrogen) atoms. The van der Waals surface area contributed by atoms with Gasteiger partial charge in [0.2, 0.25) is 0 Å². The van der Waals surface area contributed by atoms with Gasteiger partial charge in [0.15, 0.2) is 11.2 Å². The molecule has 5 nitrogen and oxygen atoms in total. The van der Waals surface area contributed by atoms with Crippen molar-refractivity contribution in [3.8, 4) is 0 Å². The molecule has 4 rings (SSSR count). The summed E-state index contributed by atoms with van der Waals surface area (Å²) < 4.78 is 9.11. The quantitative estimate of drug-likeness (QED) is 0.368. The second-order valence-corrected chi connectivity index (χ2v) is 8.79. The van der Waals surface area contributed by atoms with Crippen molar-refractivity contribution in [2.75, 3.05) is 0 Å². The van der Waals surface area contributed by atoms with Crippen molar-refractivity contribution in [2.45, 2.75) is 77.2 Å². The molecule has 1 atom stereocenters. The van der Waals surface area contributed by atoms with Gasteiger partial charge in [-0.2, -0.15) is 0 Å². The van der Waals surface area contributed by atoms with Crippen LogP contribution in [0.4, 0.5) is 0 Å². The molecule has 0 aliphatic carbocycles. The Balaban J connectivity index is 1.69. The third kappa shape index (κ3) is 3.93. The van der Waals surface area contributed by atoms with E-state index in [2.05, 4.69) is 6.92 Å². The number of rotatable bonds is 9. The molecule has 1 aromatic heterocycles. The number of carbonyl (C=O) groups is 1. The van der Waals surface area contributed by atoms with Crippen molar-refractivity contribution in [1.29, 1.82) is 0 Å². The molecule has 0 N–H and O–H groups in total. The highest BCUT2D eigenvalue weighted by Crippen LogP contribution is 2.32. The molecular formula is C26H32N2O3. The van der Waals surface area contributed by atoms with Crippen LogP contribution in [-0.4, -0.2) is 15.0 Å². The number of para-hydroxylation sites is 4.